The van der Waals surface area contributed by atoms with Crippen molar-refractivity contribution in [2.24, 2.45) is 0 Å². The first-order chi connectivity index (χ1) is 10.7. The lowest BCUT2D eigenvalue weighted by molar-refractivity contribution is -0.115. The fourth-order valence-electron chi connectivity index (χ4n) is 1.95. The summed E-state index contributed by atoms with van der Waals surface area (Å²) < 4.78 is 10.6. The van der Waals surface area contributed by atoms with E-state index in [9.17, 15) is 10.1 Å². The van der Waals surface area contributed by atoms with Crippen molar-refractivity contribution < 1.29 is 14.3 Å². The van der Waals surface area contributed by atoms with Crippen molar-refractivity contribution in [2.45, 2.75) is 12.5 Å². The SMILES string of the molecule is N#Cc1cc(NC(=O)Cc2ccsc2)ccc1OCC1CO1. The zero-order valence-corrected chi connectivity index (χ0v) is 12.6. The Morgan fingerprint density at radius 1 is 1.50 bits per heavy atom. The molecule has 1 aliphatic rings. The Kier molecular flexibility index (Phi) is 4.37. The molecule has 6 heteroatoms. The van der Waals surface area contributed by atoms with Gasteiger partial charge < -0.3 is 14.8 Å². The van der Waals surface area contributed by atoms with Crippen molar-refractivity contribution in [2.75, 3.05) is 18.5 Å². The molecule has 1 fully saturated rings. The van der Waals surface area contributed by atoms with Crippen molar-refractivity contribution in [3.63, 3.8) is 0 Å². The summed E-state index contributed by atoms with van der Waals surface area (Å²) in [6, 6.07) is 9.05. The molecule has 0 radical (unpaired) electrons. The molecular weight excluding hydrogens is 300 g/mol. The van der Waals surface area contributed by atoms with Crippen LogP contribution in [0.3, 0.4) is 0 Å². The zero-order valence-electron chi connectivity index (χ0n) is 11.7. The van der Waals surface area contributed by atoms with E-state index in [1.165, 1.54) is 0 Å². The summed E-state index contributed by atoms with van der Waals surface area (Å²) in [6.45, 7) is 1.15. The van der Waals surface area contributed by atoms with Crippen LogP contribution in [0.2, 0.25) is 0 Å². The molecule has 2 heterocycles. The van der Waals surface area contributed by atoms with Crippen LogP contribution in [0, 0.1) is 11.3 Å². The van der Waals surface area contributed by atoms with Gasteiger partial charge in [0.1, 0.15) is 24.5 Å². The maximum absolute atomic E-state index is 12.0. The molecule has 1 aliphatic heterocycles. The highest BCUT2D eigenvalue weighted by molar-refractivity contribution is 7.08. The maximum atomic E-state index is 12.0. The average Bonchev–Trinajstić information content (AvgIpc) is 3.21. The number of hydrogen-bond acceptors (Lipinski definition) is 5. The van der Waals surface area contributed by atoms with Gasteiger partial charge in [-0.15, -0.1) is 0 Å². The average molecular weight is 314 g/mol. The summed E-state index contributed by atoms with van der Waals surface area (Å²) in [5.41, 5.74) is 1.97. The lowest BCUT2D eigenvalue weighted by atomic mass is 10.2. The standard InChI is InChI=1S/C16H14N2O3S/c17-7-12-6-13(1-2-15(12)21-9-14-8-20-14)18-16(19)5-11-3-4-22-10-11/h1-4,6,10,14H,5,8-9H2,(H,18,19). The number of amides is 1. The second-order valence-corrected chi connectivity index (χ2v) is 5.73. The van der Waals surface area contributed by atoms with E-state index in [0.717, 1.165) is 5.56 Å². The minimum absolute atomic E-state index is 0.109. The molecule has 0 aliphatic carbocycles. The fraction of sp³-hybridized carbons (Fsp3) is 0.250. The lowest BCUT2D eigenvalue weighted by Crippen LogP contribution is -2.14. The number of carbonyl (C=O) groups is 1. The molecule has 5 nitrogen and oxygen atoms in total. The Morgan fingerprint density at radius 2 is 2.36 bits per heavy atom. The zero-order chi connectivity index (χ0) is 15.4. The molecule has 1 N–H and O–H groups in total. The largest absolute Gasteiger partial charge is 0.489 e. The number of nitrogens with zero attached hydrogens (tertiary/aromatic N) is 1. The number of epoxide rings is 1. The Hall–Kier alpha value is -2.36. The number of nitrogens with one attached hydrogen (secondary N) is 1. The van der Waals surface area contributed by atoms with E-state index < -0.39 is 0 Å². The smallest absolute Gasteiger partial charge is 0.228 e. The number of anilines is 1. The third kappa shape index (κ3) is 3.85. The van der Waals surface area contributed by atoms with E-state index in [-0.39, 0.29) is 12.0 Å². The molecule has 2 aromatic rings. The minimum Gasteiger partial charge on any atom is -0.489 e. The molecule has 1 aromatic heterocycles. The second-order valence-electron chi connectivity index (χ2n) is 4.95. The van der Waals surface area contributed by atoms with Crippen LogP contribution < -0.4 is 10.1 Å². The number of carbonyl (C=O) groups excluding carboxylic acids is 1. The van der Waals surface area contributed by atoms with Crippen LogP contribution in [0.5, 0.6) is 5.75 Å². The monoisotopic (exact) mass is 314 g/mol. The van der Waals surface area contributed by atoms with Crippen LogP contribution in [0.4, 0.5) is 5.69 Å². The quantitative estimate of drug-likeness (QED) is 0.832. The Balaban J connectivity index is 1.63. The van der Waals surface area contributed by atoms with Crippen molar-refractivity contribution >= 4 is 22.9 Å². The number of nitriles is 1. The third-order valence-electron chi connectivity index (χ3n) is 3.16. The molecule has 112 valence electrons. The Bertz CT molecular complexity index is 703. The number of rotatable bonds is 6. The van der Waals surface area contributed by atoms with Crippen molar-refractivity contribution in [1.82, 2.24) is 0 Å². The first-order valence-corrected chi connectivity index (χ1v) is 7.78. The van der Waals surface area contributed by atoms with Crippen LogP contribution >= 0.6 is 11.3 Å². The first kappa shape index (κ1) is 14.6. The summed E-state index contributed by atoms with van der Waals surface area (Å²) in [7, 11) is 0. The topological polar surface area (TPSA) is 74.7 Å². The van der Waals surface area contributed by atoms with E-state index >= 15 is 0 Å². The normalized spacial score (nSPS) is 15.9. The van der Waals surface area contributed by atoms with Crippen molar-refractivity contribution in [3.05, 3.63) is 46.2 Å². The molecule has 1 saturated heterocycles. The lowest BCUT2D eigenvalue weighted by Gasteiger charge is -2.09. The molecule has 1 unspecified atom stereocenters. The molecule has 0 saturated carbocycles. The molecule has 0 bridgehead atoms. The predicted molar refractivity (Wildman–Crippen MR) is 83.0 cm³/mol. The highest BCUT2D eigenvalue weighted by Gasteiger charge is 2.23. The highest BCUT2D eigenvalue weighted by atomic mass is 32.1. The Morgan fingerprint density at radius 3 is 3.05 bits per heavy atom. The summed E-state index contributed by atoms with van der Waals surface area (Å²) in [5, 5.41) is 15.9. The van der Waals surface area contributed by atoms with Crippen LogP contribution in [0.15, 0.2) is 35.0 Å². The van der Waals surface area contributed by atoms with Crippen LogP contribution in [0.25, 0.3) is 0 Å². The summed E-state index contributed by atoms with van der Waals surface area (Å²) in [5.74, 6) is 0.399. The van der Waals surface area contributed by atoms with Gasteiger partial charge in [0.05, 0.1) is 18.6 Å². The highest BCUT2D eigenvalue weighted by Crippen LogP contribution is 2.23. The Labute approximate surface area is 132 Å². The second kappa shape index (κ2) is 6.60. The van der Waals surface area contributed by atoms with Gasteiger partial charge in [0.25, 0.3) is 0 Å². The van der Waals surface area contributed by atoms with Crippen LogP contribution in [-0.2, 0) is 16.0 Å². The van der Waals surface area contributed by atoms with Gasteiger partial charge in [0.2, 0.25) is 5.91 Å². The van der Waals surface area contributed by atoms with Gasteiger partial charge in [-0.25, -0.2) is 0 Å². The van der Waals surface area contributed by atoms with Crippen molar-refractivity contribution in [3.8, 4) is 11.8 Å². The molecular formula is C16H14N2O3S. The third-order valence-corrected chi connectivity index (χ3v) is 3.89. The van der Waals surface area contributed by atoms with E-state index in [0.29, 0.717) is 36.6 Å². The van der Waals surface area contributed by atoms with Gasteiger partial charge >= 0.3 is 0 Å². The maximum Gasteiger partial charge on any atom is 0.228 e. The number of thiophene rings is 1. The van der Waals surface area contributed by atoms with Gasteiger partial charge in [0, 0.05) is 5.69 Å². The van der Waals surface area contributed by atoms with E-state index in [4.69, 9.17) is 9.47 Å². The fourth-order valence-corrected chi connectivity index (χ4v) is 2.62. The molecule has 22 heavy (non-hydrogen) atoms. The summed E-state index contributed by atoms with van der Waals surface area (Å²) >= 11 is 1.56. The van der Waals surface area contributed by atoms with Gasteiger partial charge in [-0.3, -0.25) is 4.79 Å². The van der Waals surface area contributed by atoms with E-state index in [1.807, 2.05) is 16.8 Å². The van der Waals surface area contributed by atoms with Gasteiger partial charge in [-0.2, -0.15) is 16.6 Å². The van der Waals surface area contributed by atoms with E-state index in [1.54, 1.807) is 29.5 Å². The minimum atomic E-state index is -0.109. The molecule has 1 aromatic carbocycles. The number of benzene rings is 1. The van der Waals surface area contributed by atoms with Crippen LogP contribution in [0.1, 0.15) is 11.1 Å². The molecule has 1 atom stereocenters. The molecule has 1 amide bonds. The van der Waals surface area contributed by atoms with Gasteiger partial charge in [0.15, 0.2) is 0 Å². The first-order valence-electron chi connectivity index (χ1n) is 6.84. The molecule has 0 spiro atoms. The summed E-state index contributed by atoms with van der Waals surface area (Å²) in [4.78, 5) is 12.0. The van der Waals surface area contributed by atoms with E-state index in [2.05, 4.69) is 11.4 Å². The predicted octanol–water partition coefficient (Wildman–Crippen LogP) is 2.58. The van der Waals surface area contributed by atoms with Gasteiger partial charge in [-0.05, 0) is 40.6 Å². The van der Waals surface area contributed by atoms with Crippen LogP contribution in [-0.4, -0.2) is 25.2 Å². The molecule has 3 rings (SSSR count). The number of hydrogen-bond donors (Lipinski definition) is 1. The summed E-state index contributed by atoms with van der Waals surface area (Å²) in [6.07, 6.45) is 0.458. The van der Waals surface area contributed by atoms with Gasteiger partial charge in [-0.1, -0.05) is 0 Å². The van der Waals surface area contributed by atoms with Crippen molar-refractivity contribution in [1.29, 1.82) is 5.26 Å². The number of ether oxygens (including phenoxy) is 2.